The smallest absolute Gasteiger partial charge is 0.0190 e. The Bertz CT molecular complexity index is 107. The number of rotatable bonds is 0. The average Bonchev–Trinajstić information content (AvgIpc) is 1.69. The molecule has 0 saturated carbocycles. The molecule has 1 heterocycles. The van der Waals surface area contributed by atoms with E-state index in [2.05, 4.69) is 5.32 Å². The van der Waals surface area contributed by atoms with Crippen molar-refractivity contribution in [3.63, 3.8) is 0 Å². The van der Waals surface area contributed by atoms with Crippen LogP contribution in [-0.4, -0.2) is 11.4 Å². The van der Waals surface area contributed by atoms with E-state index in [0.29, 0.717) is 0 Å². The van der Waals surface area contributed by atoms with Gasteiger partial charge in [0.1, 0.15) is 0 Å². The van der Waals surface area contributed by atoms with E-state index in [4.69, 9.17) is 12.2 Å². The van der Waals surface area contributed by atoms with E-state index >= 15 is 0 Å². The molecule has 0 fully saturated rings. The van der Waals surface area contributed by atoms with Gasteiger partial charge in [-0.3, -0.25) is 0 Å². The first-order valence-electron chi connectivity index (χ1n) is 2.32. The lowest BCUT2D eigenvalue weighted by molar-refractivity contribution is 0.863. The first kappa shape index (κ1) is 4.78. The van der Waals surface area contributed by atoms with Crippen LogP contribution in [0.3, 0.4) is 0 Å². The fourth-order valence-electron chi connectivity index (χ4n) is 0.514. The summed E-state index contributed by atoms with van der Waals surface area (Å²) in [4.78, 5) is 1.05. The zero-order valence-corrected chi connectivity index (χ0v) is 4.79. The van der Waals surface area contributed by atoms with Gasteiger partial charge in [0.25, 0.3) is 0 Å². The zero-order chi connectivity index (χ0) is 5.11. The number of allylic oxidation sites excluding steroid dienone is 1. The molecular formula is C5H7NS. The molecule has 1 rings (SSSR count). The van der Waals surface area contributed by atoms with Gasteiger partial charge in [0.2, 0.25) is 0 Å². The zero-order valence-electron chi connectivity index (χ0n) is 3.98. The van der Waals surface area contributed by atoms with Gasteiger partial charge in [-0.1, -0.05) is 12.2 Å². The molecule has 7 heavy (non-hydrogen) atoms. The van der Waals surface area contributed by atoms with Gasteiger partial charge in [-0.2, -0.15) is 0 Å². The van der Waals surface area contributed by atoms with Gasteiger partial charge in [0, 0.05) is 11.4 Å². The molecule has 1 aliphatic rings. The van der Waals surface area contributed by atoms with Gasteiger partial charge >= 0.3 is 0 Å². The molecule has 0 amide bonds. The maximum Gasteiger partial charge on any atom is 0.0190 e. The lowest BCUT2D eigenvalue weighted by Gasteiger charge is -2.04. The van der Waals surface area contributed by atoms with Crippen molar-refractivity contribution in [3.8, 4) is 0 Å². The summed E-state index contributed by atoms with van der Waals surface area (Å²) in [7, 11) is 0. The Balaban J connectivity index is 2.51. The number of thiocarbonyl (C=S) groups is 1. The number of hydrogen-bond donors (Lipinski definition) is 1. The summed E-state index contributed by atoms with van der Waals surface area (Å²) in [6.07, 6.45) is 4.84. The molecule has 1 N–H and O–H groups in total. The first-order chi connectivity index (χ1) is 3.39. The van der Waals surface area contributed by atoms with Crippen LogP contribution in [0.5, 0.6) is 0 Å². The first-order valence-corrected chi connectivity index (χ1v) is 2.73. The Morgan fingerprint density at radius 2 is 2.57 bits per heavy atom. The summed E-state index contributed by atoms with van der Waals surface area (Å²) in [5.41, 5.74) is 0. The van der Waals surface area contributed by atoms with E-state index in [1.807, 2.05) is 12.3 Å². The van der Waals surface area contributed by atoms with Crippen LogP contribution in [0.2, 0.25) is 0 Å². The van der Waals surface area contributed by atoms with E-state index in [1.54, 1.807) is 0 Å². The highest BCUT2D eigenvalue weighted by Crippen LogP contribution is 1.91. The van der Waals surface area contributed by atoms with Gasteiger partial charge in [-0.25, -0.2) is 0 Å². The number of nitrogens with one attached hydrogen (secondary N) is 1. The Kier molecular flexibility index (Phi) is 1.42. The summed E-state index contributed by atoms with van der Waals surface area (Å²) >= 11 is 4.88. The SMILES string of the molecule is S=C1C=CNCC1. The summed E-state index contributed by atoms with van der Waals surface area (Å²) in [5.74, 6) is 0. The van der Waals surface area contributed by atoms with Gasteiger partial charge in [0.15, 0.2) is 0 Å². The second kappa shape index (κ2) is 2.07. The topological polar surface area (TPSA) is 12.0 Å². The molecule has 2 heteroatoms. The minimum atomic E-state index is 1.01. The Morgan fingerprint density at radius 1 is 1.71 bits per heavy atom. The van der Waals surface area contributed by atoms with Crippen molar-refractivity contribution >= 4 is 17.1 Å². The van der Waals surface area contributed by atoms with Gasteiger partial charge in [-0.15, -0.1) is 0 Å². The second-order valence-electron chi connectivity index (χ2n) is 1.50. The van der Waals surface area contributed by atoms with Crippen molar-refractivity contribution in [2.75, 3.05) is 6.54 Å². The highest BCUT2D eigenvalue weighted by atomic mass is 32.1. The third-order valence-electron chi connectivity index (χ3n) is 0.903. The van der Waals surface area contributed by atoms with E-state index in [0.717, 1.165) is 17.8 Å². The van der Waals surface area contributed by atoms with Crippen molar-refractivity contribution in [3.05, 3.63) is 12.3 Å². The van der Waals surface area contributed by atoms with Crippen molar-refractivity contribution < 1.29 is 0 Å². The molecule has 0 aromatic carbocycles. The summed E-state index contributed by atoms with van der Waals surface area (Å²) in [6, 6.07) is 0. The normalized spacial score (nSPS) is 19.1. The molecule has 0 saturated heterocycles. The monoisotopic (exact) mass is 113 g/mol. The second-order valence-corrected chi connectivity index (χ2v) is 2.03. The van der Waals surface area contributed by atoms with Crippen LogP contribution in [0.4, 0.5) is 0 Å². The van der Waals surface area contributed by atoms with Gasteiger partial charge in [0.05, 0.1) is 0 Å². The van der Waals surface area contributed by atoms with Crippen LogP contribution < -0.4 is 5.32 Å². The fourth-order valence-corrected chi connectivity index (χ4v) is 0.684. The predicted octanol–water partition coefficient (Wildman–Crippen LogP) is 0.863. The maximum atomic E-state index is 4.88. The van der Waals surface area contributed by atoms with E-state index in [9.17, 15) is 0 Å². The molecule has 1 nitrogen and oxygen atoms in total. The standard InChI is InChI=1S/C5H7NS/c7-5-1-3-6-4-2-5/h1,3,6H,2,4H2. The Hall–Kier alpha value is -0.370. The minimum Gasteiger partial charge on any atom is -0.390 e. The molecule has 0 spiro atoms. The molecule has 0 aromatic rings. The third kappa shape index (κ3) is 1.27. The highest BCUT2D eigenvalue weighted by Gasteiger charge is 1.93. The lowest BCUT2D eigenvalue weighted by Crippen LogP contribution is -2.15. The maximum absolute atomic E-state index is 4.88. The van der Waals surface area contributed by atoms with E-state index < -0.39 is 0 Å². The molecule has 0 unspecified atom stereocenters. The summed E-state index contributed by atoms with van der Waals surface area (Å²) in [5, 5.41) is 3.05. The van der Waals surface area contributed by atoms with Crippen molar-refractivity contribution in [1.82, 2.24) is 5.32 Å². The molecule has 0 radical (unpaired) electrons. The van der Waals surface area contributed by atoms with Crippen LogP contribution in [0.15, 0.2) is 12.3 Å². The Labute approximate surface area is 48.4 Å². The quantitative estimate of drug-likeness (QED) is 0.468. The van der Waals surface area contributed by atoms with Crippen molar-refractivity contribution in [2.45, 2.75) is 6.42 Å². The van der Waals surface area contributed by atoms with E-state index in [1.165, 1.54) is 0 Å². The van der Waals surface area contributed by atoms with Gasteiger partial charge in [-0.05, 0) is 18.7 Å². The highest BCUT2D eigenvalue weighted by molar-refractivity contribution is 7.80. The van der Waals surface area contributed by atoms with Crippen LogP contribution in [-0.2, 0) is 0 Å². The fraction of sp³-hybridized carbons (Fsp3) is 0.400. The van der Waals surface area contributed by atoms with E-state index in [-0.39, 0.29) is 0 Å². The van der Waals surface area contributed by atoms with Crippen molar-refractivity contribution in [1.29, 1.82) is 0 Å². The molecule has 1 aliphatic heterocycles. The Morgan fingerprint density at radius 3 is 2.86 bits per heavy atom. The minimum absolute atomic E-state index is 1.01. The van der Waals surface area contributed by atoms with Crippen LogP contribution in [0.25, 0.3) is 0 Å². The molecular weight excluding hydrogens is 106 g/mol. The predicted molar refractivity (Wildman–Crippen MR) is 34.4 cm³/mol. The molecule has 0 aromatic heterocycles. The number of hydrogen-bond acceptors (Lipinski definition) is 2. The molecule has 0 aliphatic carbocycles. The van der Waals surface area contributed by atoms with Crippen LogP contribution in [0, 0.1) is 0 Å². The molecule has 0 atom stereocenters. The van der Waals surface area contributed by atoms with Gasteiger partial charge < -0.3 is 5.32 Å². The van der Waals surface area contributed by atoms with Crippen LogP contribution >= 0.6 is 12.2 Å². The lowest BCUT2D eigenvalue weighted by atomic mass is 10.2. The largest absolute Gasteiger partial charge is 0.390 e. The third-order valence-corrected chi connectivity index (χ3v) is 1.24. The molecule has 38 valence electrons. The summed E-state index contributed by atoms with van der Waals surface area (Å²) < 4.78 is 0. The molecule has 0 bridgehead atoms. The van der Waals surface area contributed by atoms with Crippen LogP contribution in [0.1, 0.15) is 6.42 Å². The average molecular weight is 113 g/mol. The van der Waals surface area contributed by atoms with Crippen molar-refractivity contribution in [2.24, 2.45) is 0 Å². The summed E-state index contributed by atoms with van der Waals surface area (Å²) in [6.45, 7) is 1.01.